The molecule has 0 saturated carbocycles. The van der Waals surface area contributed by atoms with E-state index in [1.165, 1.54) is 31.2 Å². The van der Waals surface area contributed by atoms with E-state index < -0.39 is 223 Å². The van der Waals surface area contributed by atoms with Gasteiger partial charge in [-0.05, 0) is 105 Å². The number of para-hydroxylation sites is 1. The molecule has 2 aliphatic rings. The van der Waals surface area contributed by atoms with Gasteiger partial charge in [0.2, 0.25) is 88.6 Å². The third kappa shape index (κ3) is 30.3. The van der Waals surface area contributed by atoms with E-state index >= 15 is 24.0 Å². The third-order valence-corrected chi connectivity index (χ3v) is 21.4. The van der Waals surface area contributed by atoms with Crippen molar-refractivity contribution in [2.45, 2.75) is 190 Å². The molecular formula is C75H108N20O18S2. The molecule has 0 aliphatic carbocycles. The number of carbonyl (C=O) groups is 15. The van der Waals surface area contributed by atoms with Gasteiger partial charge in [-0.3, -0.25) is 77.3 Å². The molecule has 1 aromatic heterocycles. The van der Waals surface area contributed by atoms with Crippen LogP contribution in [0, 0.1) is 17.2 Å². The Kier molecular flexibility index (Phi) is 37.9. The topological polar surface area (TPSA) is 615 Å². The highest BCUT2D eigenvalue weighted by Gasteiger charge is 2.39. The molecule has 3 heterocycles. The van der Waals surface area contributed by atoms with Crippen molar-refractivity contribution >= 4 is 127 Å². The summed E-state index contributed by atoms with van der Waals surface area (Å²) in [5, 5.41) is 78.2. The fourth-order valence-electron chi connectivity index (χ4n) is 12.3. The summed E-state index contributed by atoms with van der Waals surface area (Å²) in [6.07, 6.45) is -0.0364. The van der Waals surface area contributed by atoms with Crippen LogP contribution in [0.3, 0.4) is 0 Å². The summed E-state index contributed by atoms with van der Waals surface area (Å²) in [5.74, 6) is -18.0. The number of aromatic amines is 1. The van der Waals surface area contributed by atoms with Gasteiger partial charge in [-0.1, -0.05) is 116 Å². The van der Waals surface area contributed by atoms with Crippen LogP contribution in [0.25, 0.3) is 10.9 Å². The second-order valence-electron chi connectivity index (χ2n) is 28.5. The first-order valence-corrected chi connectivity index (χ1v) is 40.4. The quantitative estimate of drug-likeness (QED) is 0.0144. The van der Waals surface area contributed by atoms with E-state index in [1.807, 2.05) is 0 Å². The molecule has 15 amide bonds. The Balaban J connectivity index is 1.54. The fourth-order valence-corrected chi connectivity index (χ4v) is 14.6. The van der Waals surface area contributed by atoms with Gasteiger partial charge >= 0.3 is 0 Å². The largest absolute Gasteiger partial charge is 0.508 e. The highest BCUT2D eigenvalue weighted by atomic mass is 33.1. The maximum atomic E-state index is 15.4. The van der Waals surface area contributed by atoms with Gasteiger partial charge in [-0.2, -0.15) is 0 Å². The summed E-state index contributed by atoms with van der Waals surface area (Å²) < 4.78 is 0. The number of aliphatic hydroxyl groups excluding tert-OH is 2. The second-order valence-corrected chi connectivity index (χ2v) is 31.1. The van der Waals surface area contributed by atoms with Gasteiger partial charge < -0.3 is 117 Å². The molecule has 26 N–H and O–H groups in total. The molecule has 2 bridgehead atoms. The molecule has 6 rings (SSSR count). The van der Waals surface area contributed by atoms with Crippen LogP contribution in [0.2, 0.25) is 0 Å². The van der Waals surface area contributed by atoms with Crippen LogP contribution >= 0.6 is 21.6 Å². The summed E-state index contributed by atoms with van der Waals surface area (Å²) in [5.41, 5.74) is 18.9. The number of phenols is 1. The normalized spacial score (nSPS) is 24.9. The van der Waals surface area contributed by atoms with Crippen molar-refractivity contribution in [2.75, 3.05) is 44.4 Å². The van der Waals surface area contributed by atoms with Crippen molar-refractivity contribution in [1.82, 2.24) is 84.7 Å². The average molecular weight is 1640 g/mol. The summed E-state index contributed by atoms with van der Waals surface area (Å²) in [6.45, 7) is 4.97. The molecule has 40 heteroatoms. The van der Waals surface area contributed by atoms with Crippen LogP contribution in [-0.2, 0) is 91.2 Å². The van der Waals surface area contributed by atoms with Gasteiger partial charge in [0.05, 0.1) is 19.8 Å². The van der Waals surface area contributed by atoms with E-state index in [-0.39, 0.29) is 89.0 Å². The lowest BCUT2D eigenvalue weighted by atomic mass is 9.98. The number of H-pyrrole nitrogens is 1. The maximum absolute atomic E-state index is 15.4. The smallest absolute Gasteiger partial charge is 0.245 e. The maximum Gasteiger partial charge on any atom is 0.245 e. The molecule has 3 aromatic carbocycles. The highest BCUT2D eigenvalue weighted by molar-refractivity contribution is 8.76. The Morgan fingerprint density at radius 1 is 0.513 bits per heavy atom. The van der Waals surface area contributed by atoms with Gasteiger partial charge in [0, 0.05) is 60.8 Å². The molecule has 4 unspecified atom stereocenters. The van der Waals surface area contributed by atoms with Crippen molar-refractivity contribution in [3.63, 3.8) is 0 Å². The van der Waals surface area contributed by atoms with E-state index in [4.69, 9.17) is 22.6 Å². The number of unbranched alkanes of at least 4 members (excludes halogenated alkanes) is 1. The Hall–Kier alpha value is -11.1. The van der Waals surface area contributed by atoms with Crippen molar-refractivity contribution < 1.29 is 87.2 Å². The van der Waals surface area contributed by atoms with Crippen molar-refractivity contribution in [2.24, 2.45) is 29.0 Å². The number of hydrogen-bond donors (Lipinski definition) is 23. The number of nitrogens with two attached hydrogens (primary N) is 3. The molecule has 2 saturated heterocycles. The zero-order chi connectivity index (χ0) is 84.4. The molecule has 38 nitrogen and oxygen atoms in total. The van der Waals surface area contributed by atoms with Crippen LogP contribution in [0.1, 0.15) is 109 Å². The minimum absolute atomic E-state index is 0.00996. The van der Waals surface area contributed by atoms with Crippen LogP contribution in [0.15, 0.2) is 85.1 Å². The van der Waals surface area contributed by atoms with Gasteiger partial charge in [0.15, 0.2) is 5.96 Å². The van der Waals surface area contributed by atoms with Gasteiger partial charge in [-0.15, -0.1) is 0 Å². The highest BCUT2D eigenvalue weighted by Crippen LogP contribution is 2.26. The van der Waals surface area contributed by atoms with E-state index in [0.29, 0.717) is 27.6 Å². The molecule has 0 spiro atoms. The van der Waals surface area contributed by atoms with E-state index in [1.54, 1.807) is 88.5 Å². The molecule has 14 atom stereocenters. The van der Waals surface area contributed by atoms with Crippen LogP contribution in [-0.4, -0.2) is 238 Å². The number of benzene rings is 3. The molecule has 115 heavy (non-hydrogen) atoms. The number of carbonyl (C=O) groups excluding carboxylic acids is 15. The Morgan fingerprint density at radius 3 is 1.54 bits per heavy atom. The minimum atomic E-state index is -1.93. The summed E-state index contributed by atoms with van der Waals surface area (Å²) >= 11 is 0. The summed E-state index contributed by atoms with van der Waals surface area (Å²) in [4.78, 5) is 222. The molecule has 2 fully saturated rings. The number of rotatable bonds is 23. The number of primary amides is 1. The number of hydrogen-bond acceptors (Lipinski definition) is 22. The van der Waals surface area contributed by atoms with Gasteiger partial charge in [0.25, 0.3) is 0 Å². The summed E-state index contributed by atoms with van der Waals surface area (Å²) in [7, 11) is 1.73. The van der Waals surface area contributed by atoms with Crippen LogP contribution in [0.5, 0.6) is 5.75 Å². The predicted octanol–water partition coefficient (Wildman–Crippen LogP) is -4.52. The first-order valence-electron chi connectivity index (χ1n) is 37.9. The fraction of sp³-hybridized carbons (Fsp3) is 0.520. The summed E-state index contributed by atoms with van der Waals surface area (Å²) in [6, 6.07) is -0.616. The Bertz CT molecular complexity index is 4050. The second kappa shape index (κ2) is 46.9. The molecule has 628 valence electrons. The van der Waals surface area contributed by atoms with E-state index in [2.05, 4.69) is 84.7 Å². The molecule has 4 aromatic rings. The zero-order valence-electron chi connectivity index (χ0n) is 64.7. The third-order valence-electron chi connectivity index (χ3n) is 18.9. The Morgan fingerprint density at radius 2 is 0.974 bits per heavy atom. The van der Waals surface area contributed by atoms with Gasteiger partial charge in [0.1, 0.15) is 84.3 Å². The van der Waals surface area contributed by atoms with Crippen molar-refractivity contribution in [3.8, 4) is 5.75 Å². The molecule has 2 aliphatic heterocycles. The zero-order valence-corrected chi connectivity index (χ0v) is 66.3. The van der Waals surface area contributed by atoms with Gasteiger partial charge in [-0.25, -0.2) is 0 Å². The number of phenolic OH excluding ortho intramolecular Hbond substituents is 1. The lowest BCUT2D eigenvalue weighted by molar-refractivity contribution is -0.136. The number of aromatic hydroxyl groups is 1. The number of fused-ring (bicyclic) bond motifs is 6. The number of aliphatic hydroxyl groups is 2. The van der Waals surface area contributed by atoms with Crippen molar-refractivity contribution in [3.05, 3.63) is 102 Å². The SMILES string of the molecule is CC[C@H](C)[C@@H]1NC(=O)CNC(=O)C(CCCNC(=N)N)NC(=O)C(CO)NC(=O)[C@H](CO)NC(=O)[C@H](Cc2ccc(O)cc2)NC(=O)[C@H](CCCCN)NC(=O)[C@@H]2CSSC[C@H](NC1=O)C(=O)N[C@@H](Cc1c[nH]c3ccccc13)C(=O)NC(C)C(=O)N[C@@H](CCC(N)=O)C(=O)N[C@@H](Cc1ccccc1)C(=O)NC(CC(C)C)C(=O)N2. The number of amides is 15. The van der Waals surface area contributed by atoms with Crippen LogP contribution < -0.4 is 97.0 Å². The molecular weight excluding hydrogens is 1530 g/mol. The number of nitrogens with one attached hydrogen (secondary N) is 17. The number of guanidine groups is 1. The first-order chi connectivity index (χ1) is 54.8. The monoisotopic (exact) mass is 1640 g/mol. The minimum Gasteiger partial charge on any atom is -0.508 e. The molecule has 0 radical (unpaired) electrons. The van der Waals surface area contributed by atoms with E-state index in [0.717, 1.165) is 21.6 Å². The average Bonchev–Trinajstić information content (AvgIpc) is 1.69. The predicted molar refractivity (Wildman–Crippen MR) is 426 cm³/mol. The van der Waals surface area contributed by atoms with E-state index in [9.17, 15) is 63.3 Å². The lowest BCUT2D eigenvalue weighted by Gasteiger charge is -2.29. The first kappa shape index (κ1) is 92.8. The standard InChI is InChI=1S/C75H108N20O18S2/c1-6-40(4)61-74(113)94-58-38-115-114-37-57(72(111)86-49(19-12-13-27-76)64(103)88-53(31-43-21-23-45(98)24-22-43)69(108)91-56(36-97)71(110)92-55(35-96)70(109)85-48(20-14-28-80-75(78)79)63(102)82-34-60(100)95-61)93-67(106)51(29-39(2)3)87-68(107)52(30-42-15-8-7-9-16-42)89-65(104)50(25-26-59(77)99)84-62(101)41(5)83-66(105)54(90-73(58)112)32-44-33-81-47-18-11-10-17-46(44)47/h7-11,15-18,21-24,33,39-41,48-58,61,81,96-98H,6,12-14,19-20,25-32,34-38,76H2,1-5H3,(H2,77,99)(H,82,102)(H,83,105)(H,84,101)(H,85,109)(H,86,111)(H,87,107)(H,88,103)(H,89,104)(H,90,112)(H,91,108)(H,92,110)(H,93,106)(H,94,113)(H,95,100)(H4,78,79,80)/t40-,41?,48?,49-,50-,51?,52-,53-,54-,55?,56-,57-,58-,61-/m0/s1. The lowest BCUT2D eigenvalue weighted by Crippen LogP contribution is -2.62. The van der Waals surface area contributed by atoms with Crippen LogP contribution in [0.4, 0.5) is 0 Å². The number of aromatic nitrogens is 1. The Labute approximate surface area is 672 Å². The van der Waals surface area contributed by atoms with Crippen molar-refractivity contribution in [1.29, 1.82) is 5.41 Å².